The lowest BCUT2D eigenvalue weighted by Crippen LogP contribution is -2.34. The first kappa shape index (κ1) is 23.7. The Bertz CT molecular complexity index is 1120. The molecule has 32 heavy (non-hydrogen) atoms. The second kappa shape index (κ2) is 10.6. The van der Waals surface area contributed by atoms with E-state index < -0.39 is 6.04 Å². The van der Waals surface area contributed by atoms with E-state index in [1.807, 2.05) is 42.6 Å². The van der Waals surface area contributed by atoms with Crippen LogP contribution in [0.25, 0.3) is 10.7 Å². The zero-order chi connectivity index (χ0) is 23.3. The number of nitrogens with zero attached hydrogens (tertiary/aromatic N) is 3. The van der Waals surface area contributed by atoms with Crippen molar-refractivity contribution in [3.05, 3.63) is 52.1 Å². The molecule has 2 N–H and O–H groups in total. The summed E-state index contributed by atoms with van der Waals surface area (Å²) in [6, 6.07) is 10.4. The number of H-pyrrole nitrogens is 1. The molecule has 0 spiro atoms. The van der Waals surface area contributed by atoms with Gasteiger partial charge in [-0.1, -0.05) is 31.2 Å². The third kappa shape index (κ3) is 5.25. The molecule has 0 bridgehead atoms. The lowest BCUT2D eigenvalue weighted by Gasteiger charge is -2.23. The number of hydrogen-bond acceptors (Lipinski definition) is 6. The number of para-hydroxylation sites is 1. The number of benzene rings is 1. The highest BCUT2D eigenvalue weighted by Crippen LogP contribution is 2.29. The summed E-state index contributed by atoms with van der Waals surface area (Å²) in [4.78, 5) is 27.5. The summed E-state index contributed by atoms with van der Waals surface area (Å²) in [7, 11) is 3.36. The van der Waals surface area contributed by atoms with Gasteiger partial charge >= 0.3 is 0 Å². The summed E-state index contributed by atoms with van der Waals surface area (Å²) in [5, 5.41) is 12.2. The molecule has 2 heterocycles. The van der Waals surface area contributed by atoms with E-state index in [1.54, 1.807) is 31.7 Å². The number of hydrogen-bond donors (Lipinski definition) is 2. The minimum absolute atomic E-state index is 0.0703. The van der Waals surface area contributed by atoms with E-state index in [1.165, 1.54) is 16.2 Å². The highest BCUT2D eigenvalue weighted by Gasteiger charge is 2.25. The Morgan fingerprint density at radius 2 is 2.03 bits per heavy atom. The molecule has 2 aromatic heterocycles. The molecule has 2 atom stereocenters. The van der Waals surface area contributed by atoms with Gasteiger partial charge < -0.3 is 15.0 Å². The van der Waals surface area contributed by atoms with Gasteiger partial charge in [0.2, 0.25) is 5.91 Å². The minimum Gasteiger partial charge on any atom is -0.483 e. The predicted octanol–water partition coefficient (Wildman–Crippen LogP) is 3.96. The molecule has 0 aliphatic heterocycles. The molecule has 1 aromatic carbocycles. The van der Waals surface area contributed by atoms with Crippen molar-refractivity contribution in [1.82, 2.24) is 25.0 Å². The number of carbonyl (C=O) groups excluding carboxylic acids is 2. The topological polar surface area (TPSA) is 92.2 Å². The fourth-order valence-corrected chi connectivity index (χ4v) is 4.22. The summed E-state index contributed by atoms with van der Waals surface area (Å²) in [6.07, 6.45) is 0.648. The van der Waals surface area contributed by atoms with Gasteiger partial charge in [0.1, 0.15) is 11.8 Å². The van der Waals surface area contributed by atoms with Crippen LogP contribution in [-0.2, 0) is 9.59 Å². The summed E-state index contributed by atoms with van der Waals surface area (Å²) >= 11 is 6.92. The average Bonchev–Trinajstić information content (AvgIpc) is 3.45. The predicted molar refractivity (Wildman–Crippen MR) is 127 cm³/mol. The van der Waals surface area contributed by atoms with Gasteiger partial charge in [-0.3, -0.25) is 19.3 Å². The fourth-order valence-electron chi connectivity index (χ4n) is 3.22. The molecule has 0 saturated heterocycles. The lowest BCUT2D eigenvalue weighted by atomic mass is 10.0. The number of amides is 2. The molecular formula is C22H27N5O3S2. The van der Waals surface area contributed by atoms with E-state index in [0.29, 0.717) is 22.8 Å². The Morgan fingerprint density at radius 1 is 1.28 bits per heavy atom. The van der Waals surface area contributed by atoms with Crippen LogP contribution >= 0.6 is 23.6 Å². The highest BCUT2D eigenvalue weighted by molar-refractivity contribution is 7.71. The van der Waals surface area contributed by atoms with Crippen LogP contribution in [0.2, 0.25) is 0 Å². The molecule has 0 saturated carbocycles. The van der Waals surface area contributed by atoms with E-state index in [4.69, 9.17) is 17.0 Å². The lowest BCUT2D eigenvalue weighted by molar-refractivity contribution is -0.131. The molecule has 0 aliphatic rings. The van der Waals surface area contributed by atoms with Gasteiger partial charge in [-0.25, -0.2) is 0 Å². The molecule has 0 aliphatic carbocycles. The molecule has 2 unspecified atom stereocenters. The Kier molecular flexibility index (Phi) is 7.81. The van der Waals surface area contributed by atoms with E-state index in [0.717, 1.165) is 10.4 Å². The normalized spacial score (nSPS) is 12.8. The quantitative estimate of drug-likeness (QED) is 0.459. The van der Waals surface area contributed by atoms with Crippen molar-refractivity contribution in [2.24, 2.45) is 0 Å². The highest BCUT2D eigenvalue weighted by atomic mass is 32.1. The SMILES string of the molecule is CCC(NC(=O)C(C)n1c(-c2cccs2)n[nH]c1=S)c1ccccc1OCC(=O)N(C)C. The number of aromatic amines is 1. The van der Waals surface area contributed by atoms with Crippen LogP contribution < -0.4 is 10.1 Å². The summed E-state index contributed by atoms with van der Waals surface area (Å²) in [5.41, 5.74) is 0.816. The van der Waals surface area contributed by atoms with Crippen molar-refractivity contribution in [2.75, 3.05) is 20.7 Å². The molecule has 0 radical (unpaired) electrons. The average molecular weight is 474 g/mol. The van der Waals surface area contributed by atoms with Gasteiger partial charge in [-0.2, -0.15) is 5.10 Å². The second-order valence-electron chi connectivity index (χ2n) is 7.46. The smallest absolute Gasteiger partial charge is 0.259 e. The van der Waals surface area contributed by atoms with Crippen LogP contribution in [0.5, 0.6) is 5.75 Å². The first-order chi connectivity index (χ1) is 15.3. The molecule has 3 rings (SSSR count). The maximum Gasteiger partial charge on any atom is 0.259 e. The van der Waals surface area contributed by atoms with Crippen LogP contribution in [0.4, 0.5) is 0 Å². The third-order valence-electron chi connectivity index (χ3n) is 5.08. The third-order valence-corrected chi connectivity index (χ3v) is 6.24. The summed E-state index contributed by atoms with van der Waals surface area (Å²) in [5.74, 6) is 0.876. The number of aromatic nitrogens is 3. The first-order valence-electron chi connectivity index (χ1n) is 10.3. The van der Waals surface area contributed by atoms with Crippen LogP contribution in [0, 0.1) is 4.77 Å². The number of thiophene rings is 1. The van der Waals surface area contributed by atoms with Gasteiger partial charge in [0.05, 0.1) is 10.9 Å². The number of nitrogens with one attached hydrogen (secondary N) is 2. The monoisotopic (exact) mass is 473 g/mol. The van der Waals surface area contributed by atoms with E-state index in [9.17, 15) is 9.59 Å². The molecular weight excluding hydrogens is 446 g/mol. The first-order valence-corrected chi connectivity index (χ1v) is 11.5. The van der Waals surface area contributed by atoms with Crippen molar-refractivity contribution in [3.8, 4) is 16.5 Å². The summed E-state index contributed by atoms with van der Waals surface area (Å²) in [6.45, 7) is 3.71. The largest absolute Gasteiger partial charge is 0.483 e. The molecule has 2 amide bonds. The molecule has 170 valence electrons. The zero-order valence-corrected chi connectivity index (χ0v) is 20.1. The molecule has 10 heteroatoms. The van der Waals surface area contributed by atoms with Gasteiger partial charge in [-0.05, 0) is 43.1 Å². The second-order valence-corrected chi connectivity index (χ2v) is 8.79. The van der Waals surface area contributed by atoms with Crippen molar-refractivity contribution in [3.63, 3.8) is 0 Å². The van der Waals surface area contributed by atoms with Crippen molar-refractivity contribution >= 4 is 35.4 Å². The van der Waals surface area contributed by atoms with Gasteiger partial charge in [-0.15, -0.1) is 11.3 Å². The maximum atomic E-state index is 13.2. The van der Waals surface area contributed by atoms with Gasteiger partial charge in [0, 0.05) is 19.7 Å². The maximum absolute atomic E-state index is 13.2. The Hall–Kier alpha value is -2.98. The zero-order valence-electron chi connectivity index (χ0n) is 18.5. The Labute approximate surface area is 196 Å². The van der Waals surface area contributed by atoms with E-state index in [2.05, 4.69) is 15.5 Å². The molecule has 3 aromatic rings. The Morgan fingerprint density at radius 3 is 2.69 bits per heavy atom. The minimum atomic E-state index is -0.573. The standard InChI is InChI=1S/C22H27N5O3S2/c1-5-16(15-9-6-7-10-17(15)30-13-19(28)26(3)4)23-21(29)14(2)27-20(24-25-22(27)31)18-11-8-12-32-18/h6-12,14,16H,5,13H2,1-4H3,(H,23,29)(H,25,31). The van der Waals surface area contributed by atoms with Crippen LogP contribution in [0.1, 0.15) is 37.9 Å². The number of rotatable bonds is 9. The van der Waals surface area contributed by atoms with E-state index >= 15 is 0 Å². The Balaban J connectivity index is 1.80. The van der Waals surface area contributed by atoms with Crippen LogP contribution in [0.15, 0.2) is 41.8 Å². The van der Waals surface area contributed by atoms with Crippen molar-refractivity contribution < 1.29 is 14.3 Å². The van der Waals surface area contributed by atoms with Crippen molar-refractivity contribution in [1.29, 1.82) is 0 Å². The van der Waals surface area contributed by atoms with Crippen LogP contribution in [0.3, 0.4) is 0 Å². The number of carbonyl (C=O) groups is 2. The van der Waals surface area contributed by atoms with Crippen LogP contribution in [-0.4, -0.2) is 52.2 Å². The van der Waals surface area contributed by atoms with Gasteiger partial charge in [0.25, 0.3) is 5.91 Å². The van der Waals surface area contributed by atoms with E-state index in [-0.39, 0.29) is 24.5 Å². The van der Waals surface area contributed by atoms with Crippen molar-refractivity contribution in [2.45, 2.75) is 32.4 Å². The molecule has 0 fully saturated rings. The number of likely N-dealkylation sites (N-methyl/N-ethyl adjacent to an activating group) is 1. The fraction of sp³-hybridized carbons (Fsp3) is 0.364. The molecule has 8 nitrogen and oxygen atoms in total. The van der Waals surface area contributed by atoms with Gasteiger partial charge in [0.15, 0.2) is 17.2 Å². The summed E-state index contributed by atoms with van der Waals surface area (Å²) < 4.78 is 7.87. The number of ether oxygens (including phenoxy) is 1.